The summed E-state index contributed by atoms with van der Waals surface area (Å²) in [6.45, 7) is 11.6. The molecule has 0 bridgehead atoms. The van der Waals surface area contributed by atoms with Crippen LogP contribution in [0.15, 0.2) is 67.9 Å². The van der Waals surface area contributed by atoms with E-state index in [0.717, 1.165) is 46.5 Å². The largest absolute Gasteiger partial charge is 0.487 e. The lowest BCUT2D eigenvalue weighted by Crippen LogP contribution is -2.44. The lowest BCUT2D eigenvalue weighted by molar-refractivity contribution is -0.384. The number of hydrogen-bond donors (Lipinski definition) is 0. The van der Waals surface area contributed by atoms with Gasteiger partial charge in [0.1, 0.15) is 12.4 Å². The van der Waals surface area contributed by atoms with Crippen molar-refractivity contribution in [3.63, 3.8) is 0 Å². The Labute approximate surface area is 257 Å². The number of nitrogens with zero attached hydrogens (tertiary/aromatic N) is 2. The van der Waals surface area contributed by atoms with Gasteiger partial charge >= 0.3 is 0 Å². The van der Waals surface area contributed by atoms with Crippen molar-refractivity contribution in [1.29, 1.82) is 0 Å². The number of ether oxygens (including phenoxy) is 1. The first kappa shape index (κ1) is 29.7. The van der Waals surface area contributed by atoms with Crippen molar-refractivity contribution >= 4 is 49.1 Å². The van der Waals surface area contributed by atoms with Crippen LogP contribution in [0.1, 0.15) is 77.3 Å². The van der Waals surface area contributed by atoms with Gasteiger partial charge in [-0.2, -0.15) is 0 Å². The fraction of sp³-hybridized carbons (Fsp3) is 0.438. The van der Waals surface area contributed by atoms with E-state index in [4.69, 9.17) is 4.74 Å². The highest BCUT2D eigenvalue weighted by molar-refractivity contribution is 9.11. The van der Waals surface area contributed by atoms with Crippen molar-refractivity contribution in [2.45, 2.75) is 72.8 Å². The second-order valence-corrected chi connectivity index (χ2v) is 14.5. The van der Waals surface area contributed by atoms with Crippen LogP contribution in [0.3, 0.4) is 0 Å². The molecule has 7 nitrogen and oxygen atoms in total. The van der Waals surface area contributed by atoms with E-state index in [9.17, 15) is 19.7 Å². The Morgan fingerprint density at radius 3 is 1.83 bits per heavy atom. The highest BCUT2D eigenvalue weighted by Gasteiger charge is 2.48. The Morgan fingerprint density at radius 1 is 0.902 bits per heavy atom. The van der Waals surface area contributed by atoms with Gasteiger partial charge in [0.25, 0.3) is 5.69 Å². The van der Waals surface area contributed by atoms with Gasteiger partial charge in [-0.05, 0) is 97.8 Å². The first-order valence-electron chi connectivity index (χ1n) is 13.9. The monoisotopic (exact) mass is 684 g/mol. The summed E-state index contributed by atoms with van der Waals surface area (Å²) in [5.41, 5.74) is 4.96. The summed E-state index contributed by atoms with van der Waals surface area (Å²) in [5, 5.41) is 11.0. The molecule has 1 aliphatic heterocycles. The van der Waals surface area contributed by atoms with Crippen LogP contribution in [-0.2, 0) is 16.2 Å². The third-order valence-corrected chi connectivity index (χ3v) is 9.40. The van der Waals surface area contributed by atoms with Crippen LogP contribution in [0.25, 0.3) is 0 Å². The molecule has 0 unspecified atom stereocenters. The number of rotatable bonds is 6. The number of carbonyl (C=O) groups excluding carboxylic acids is 2. The molecule has 2 aromatic rings. The van der Waals surface area contributed by atoms with Crippen LogP contribution in [0.4, 0.5) is 5.69 Å². The van der Waals surface area contributed by atoms with E-state index in [-0.39, 0.29) is 34.7 Å². The average molecular weight is 686 g/mol. The molecule has 1 heterocycles. The molecular formula is C32H34Br2N2O5. The molecule has 0 saturated heterocycles. The van der Waals surface area contributed by atoms with Crippen molar-refractivity contribution in [3.05, 3.63) is 89.1 Å². The molecule has 0 aromatic heterocycles. The molecule has 0 atom stereocenters. The average Bonchev–Trinajstić information content (AvgIpc) is 2.85. The van der Waals surface area contributed by atoms with E-state index in [1.807, 2.05) is 12.1 Å². The van der Waals surface area contributed by atoms with Crippen molar-refractivity contribution in [2.75, 3.05) is 6.54 Å². The molecule has 216 valence electrons. The summed E-state index contributed by atoms with van der Waals surface area (Å²) >= 11 is 7.36. The molecule has 2 aromatic carbocycles. The van der Waals surface area contributed by atoms with Gasteiger partial charge in [-0.3, -0.25) is 19.7 Å². The zero-order chi connectivity index (χ0) is 29.9. The number of allylic oxidation sites excluding steroid dienone is 4. The Balaban J connectivity index is 1.57. The lowest BCUT2D eigenvalue weighted by Gasteiger charge is -2.49. The molecule has 5 rings (SSSR count). The number of benzene rings is 2. The lowest BCUT2D eigenvalue weighted by atomic mass is 9.63. The van der Waals surface area contributed by atoms with Crippen LogP contribution in [0.2, 0.25) is 0 Å². The van der Waals surface area contributed by atoms with Gasteiger partial charge in [0.05, 0.1) is 13.9 Å². The minimum atomic E-state index is -0.439. The van der Waals surface area contributed by atoms with Crippen molar-refractivity contribution in [1.82, 2.24) is 4.90 Å². The molecule has 0 fully saturated rings. The van der Waals surface area contributed by atoms with Crippen molar-refractivity contribution < 1.29 is 19.2 Å². The van der Waals surface area contributed by atoms with Crippen molar-refractivity contribution in [2.24, 2.45) is 10.8 Å². The molecular weight excluding hydrogens is 652 g/mol. The first-order valence-corrected chi connectivity index (χ1v) is 15.4. The smallest absolute Gasteiger partial charge is 0.269 e. The molecule has 41 heavy (non-hydrogen) atoms. The van der Waals surface area contributed by atoms with Gasteiger partial charge < -0.3 is 9.64 Å². The Hall–Kier alpha value is -2.78. The molecule has 0 saturated carbocycles. The fourth-order valence-corrected chi connectivity index (χ4v) is 7.97. The normalized spacial score (nSPS) is 20.2. The molecule has 2 aliphatic carbocycles. The number of ketones is 2. The SMILES string of the molecule is CCN1C2=C(C(=O)CC(C)(C)C2)C(c2cc(Br)c(OCc3ccc([N+](=O)[O-])cc3)c(Br)c2)C2=C1CC(C)(C)CC2=O. The van der Waals surface area contributed by atoms with E-state index in [1.165, 1.54) is 12.1 Å². The number of hydrogen-bond acceptors (Lipinski definition) is 6. The maximum Gasteiger partial charge on any atom is 0.269 e. The minimum absolute atomic E-state index is 0.0261. The number of halogens is 2. The maximum atomic E-state index is 13.9. The van der Waals surface area contributed by atoms with Gasteiger partial charge in [0.2, 0.25) is 0 Å². The number of carbonyl (C=O) groups is 2. The zero-order valence-corrected chi connectivity index (χ0v) is 27.1. The highest BCUT2D eigenvalue weighted by Crippen LogP contribution is 2.55. The zero-order valence-electron chi connectivity index (χ0n) is 24.0. The standard InChI is InChI=1S/C32H34Br2N2O5/c1-6-35-23-13-31(2,3)15-25(37)28(23)27(29-24(35)14-32(4,5)16-26(29)38)19-11-21(33)30(22(34)12-19)41-17-18-7-9-20(10-8-18)36(39)40/h7-12,27H,6,13-17H2,1-5H3. The quantitative estimate of drug-likeness (QED) is 0.224. The number of nitro groups is 1. The molecule has 0 spiro atoms. The van der Waals surface area contributed by atoms with Crippen LogP contribution in [0.5, 0.6) is 5.75 Å². The molecule has 9 heteroatoms. The maximum absolute atomic E-state index is 13.9. The first-order chi connectivity index (χ1) is 19.2. The van der Waals surface area contributed by atoms with Gasteiger partial charge in [-0.1, -0.05) is 27.7 Å². The Kier molecular flexibility index (Phi) is 7.83. The molecule has 3 aliphatic rings. The fourth-order valence-electron chi connectivity index (χ4n) is 6.52. The topological polar surface area (TPSA) is 89.8 Å². The summed E-state index contributed by atoms with van der Waals surface area (Å²) < 4.78 is 7.50. The van der Waals surface area contributed by atoms with Gasteiger partial charge in [-0.15, -0.1) is 0 Å². The summed E-state index contributed by atoms with van der Waals surface area (Å²) in [6, 6.07) is 10.2. The third-order valence-electron chi connectivity index (χ3n) is 8.22. The van der Waals surface area contributed by atoms with E-state index < -0.39 is 10.8 Å². The van der Waals surface area contributed by atoms with Crippen LogP contribution in [0, 0.1) is 20.9 Å². The van der Waals surface area contributed by atoms with Gasteiger partial charge in [0.15, 0.2) is 11.6 Å². The summed E-state index contributed by atoms with van der Waals surface area (Å²) in [4.78, 5) is 40.5. The third kappa shape index (κ3) is 5.67. The predicted molar refractivity (Wildman–Crippen MR) is 164 cm³/mol. The minimum Gasteiger partial charge on any atom is -0.487 e. The van der Waals surface area contributed by atoms with E-state index in [0.29, 0.717) is 34.1 Å². The molecule has 0 radical (unpaired) electrons. The van der Waals surface area contributed by atoms with E-state index >= 15 is 0 Å². The second-order valence-electron chi connectivity index (χ2n) is 12.8. The Morgan fingerprint density at radius 2 is 1.39 bits per heavy atom. The van der Waals surface area contributed by atoms with Gasteiger partial charge in [-0.25, -0.2) is 0 Å². The van der Waals surface area contributed by atoms with Gasteiger partial charge in [0, 0.05) is 60.0 Å². The summed E-state index contributed by atoms with van der Waals surface area (Å²) in [7, 11) is 0. The molecule has 0 amide bonds. The predicted octanol–water partition coefficient (Wildman–Crippen LogP) is 8.40. The molecule has 0 N–H and O–H groups in total. The second kappa shape index (κ2) is 10.8. The summed E-state index contributed by atoms with van der Waals surface area (Å²) in [5.74, 6) is 0.351. The number of nitro benzene ring substituents is 1. The van der Waals surface area contributed by atoms with Crippen molar-refractivity contribution in [3.8, 4) is 5.75 Å². The van der Waals surface area contributed by atoms with Crippen LogP contribution in [-0.4, -0.2) is 27.9 Å². The Bertz CT molecular complexity index is 1440. The number of non-ortho nitro benzene ring substituents is 1. The highest BCUT2D eigenvalue weighted by atomic mass is 79.9. The van der Waals surface area contributed by atoms with E-state index in [2.05, 4.69) is 71.4 Å². The van der Waals surface area contributed by atoms with E-state index in [1.54, 1.807) is 12.1 Å². The van der Waals surface area contributed by atoms with Crippen LogP contribution >= 0.6 is 31.9 Å². The summed E-state index contributed by atoms with van der Waals surface area (Å²) in [6.07, 6.45) is 2.45. The van der Waals surface area contributed by atoms with Crippen LogP contribution < -0.4 is 4.74 Å². The number of Topliss-reactive ketones (excluding diaryl/α,β-unsaturated/α-hetero) is 2.